The van der Waals surface area contributed by atoms with Crippen LogP contribution in [0.25, 0.3) is 0 Å². The number of morpholine rings is 1. The molecule has 0 saturated carbocycles. The van der Waals surface area contributed by atoms with Crippen LogP contribution in [0.15, 0.2) is 36.4 Å². The Morgan fingerprint density at radius 3 is 2.56 bits per heavy atom. The molecule has 1 fully saturated rings. The summed E-state index contributed by atoms with van der Waals surface area (Å²) in [6.07, 6.45) is 0.119. The summed E-state index contributed by atoms with van der Waals surface area (Å²) in [7, 11) is 0. The van der Waals surface area contributed by atoms with Gasteiger partial charge in [-0.25, -0.2) is 0 Å². The first-order valence-corrected chi connectivity index (χ1v) is 8.97. The second-order valence-electron chi connectivity index (χ2n) is 7.05. The number of benzene rings is 2. The van der Waals surface area contributed by atoms with Crippen molar-refractivity contribution >= 4 is 5.78 Å². The van der Waals surface area contributed by atoms with Crippen molar-refractivity contribution in [1.82, 2.24) is 4.90 Å². The van der Waals surface area contributed by atoms with Gasteiger partial charge in [0.05, 0.1) is 12.7 Å². The summed E-state index contributed by atoms with van der Waals surface area (Å²) in [6, 6.07) is 12.6. The Labute approximate surface area is 150 Å². The number of ether oxygens (including phenoxy) is 1. The number of hydrogen-bond donors (Lipinski definition) is 0. The van der Waals surface area contributed by atoms with Crippen LogP contribution < -0.4 is 0 Å². The van der Waals surface area contributed by atoms with Gasteiger partial charge >= 0.3 is 0 Å². The van der Waals surface area contributed by atoms with Gasteiger partial charge in [-0.1, -0.05) is 36.4 Å². The molecule has 3 rings (SSSR count). The third-order valence-electron chi connectivity index (χ3n) is 5.19. The lowest BCUT2D eigenvalue weighted by atomic mass is 9.91. The molecule has 0 amide bonds. The van der Waals surface area contributed by atoms with Gasteiger partial charge in [-0.15, -0.1) is 0 Å². The van der Waals surface area contributed by atoms with Crippen LogP contribution in [0, 0.1) is 20.8 Å². The SMILES string of the molecule is CC(=O)c1c(C)cc(C)c(CN2CCO[C@@H](c3ccccc3)C2)c1C. The summed E-state index contributed by atoms with van der Waals surface area (Å²) in [6.45, 7) is 11.3. The summed E-state index contributed by atoms with van der Waals surface area (Å²) >= 11 is 0. The highest BCUT2D eigenvalue weighted by Gasteiger charge is 2.23. The summed E-state index contributed by atoms with van der Waals surface area (Å²) in [5.74, 6) is 0.153. The Hall–Kier alpha value is -1.97. The van der Waals surface area contributed by atoms with Gasteiger partial charge in [-0.2, -0.15) is 0 Å². The van der Waals surface area contributed by atoms with Crippen molar-refractivity contribution < 1.29 is 9.53 Å². The summed E-state index contributed by atoms with van der Waals surface area (Å²) in [4.78, 5) is 14.5. The third-order valence-corrected chi connectivity index (χ3v) is 5.19. The number of rotatable bonds is 4. The molecule has 1 heterocycles. The second-order valence-corrected chi connectivity index (χ2v) is 7.05. The average Bonchev–Trinajstić information content (AvgIpc) is 2.59. The molecule has 0 aromatic heterocycles. The van der Waals surface area contributed by atoms with Gasteiger partial charge in [0, 0.05) is 25.2 Å². The number of Topliss-reactive ketones (excluding diaryl/α,β-unsaturated/α-hetero) is 1. The van der Waals surface area contributed by atoms with E-state index in [1.54, 1.807) is 6.92 Å². The zero-order chi connectivity index (χ0) is 18.0. The molecule has 0 bridgehead atoms. The number of nitrogens with zero attached hydrogens (tertiary/aromatic N) is 1. The van der Waals surface area contributed by atoms with Gasteiger partial charge in [0.15, 0.2) is 5.78 Å². The normalized spacial score (nSPS) is 18.3. The molecule has 1 saturated heterocycles. The van der Waals surface area contributed by atoms with Crippen LogP contribution in [-0.4, -0.2) is 30.4 Å². The van der Waals surface area contributed by atoms with Gasteiger partial charge in [-0.3, -0.25) is 9.69 Å². The van der Waals surface area contributed by atoms with E-state index in [2.05, 4.69) is 49.1 Å². The number of ketones is 1. The first-order valence-electron chi connectivity index (χ1n) is 8.97. The molecule has 3 heteroatoms. The average molecular weight is 337 g/mol. The van der Waals surface area contributed by atoms with E-state index < -0.39 is 0 Å². The minimum atomic E-state index is 0.119. The number of aryl methyl sites for hydroxylation is 2. The first kappa shape index (κ1) is 17.8. The highest BCUT2D eigenvalue weighted by molar-refractivity contribution is 5.97. The van der Waals surface area contributed by atoms with Crippen LogP contribution in [0.4, 0.5) is 0 Å². The zero-order valence-corrected chi connectivity index (χ0v) is 15.6. The molecule has 0 aliphatic carbocycles. The van der Waals surface area contributed by atoms with Crippen LogP contribution in [0.1, 0.15) is 51.2 Å². The molecular formula is C22H27NO2. The molecule has 25 heavy (non-hydrogen) atoms. The molecule has 0 radical (unpaired) electrons. The smallest absolute Gasteiger partial charge is 0.160 e. The Morgan fingerprint density at radius 1 is 1.16 bits per heavy atom. The second kappa shape index (κ2) is 7.51. The molecule has 1 atom stereocenters. The van der Waals surface area contributed by atoms with E-state index in [1.165, 1.54) is 16.7 Å². The largest absolute Gasteiger partial charge is 0.371 e. The van der Waals surface area contributed by atoms with Crippen LogP contribution in [0.2, 0.25) is 0 Å². The van der Waals surface area contributed by atoms with Crippen molar-refractivity contribution in [3.05, 3.63) is 69.8 Å². The summed E-state index contributed by atoms with van der Waals surface area (Å²) in [5.41, 5.74) is 6.87. The third kappa shape index (κ3) is 3.83. The first-order chi connectivity index (χ1) is 12.0. The number of carbonyl (C=O) groups is 1. The molecule has 3 nitrogen and oxygen atoms in total. The lowest BCUT2D eigenvalue weighted by Gasteiger charge is -2.34. The predicted octanol–water partition coefficient (Wildman–Crippen LogP) is 4.39. The molecule has 2 aromatic rings. The molecular weight excluding hydrogens is 310 g/mol. The zero-order valence-electron chi connectivity index (χ0n) is 15.6. The van der Waals surface area contributed by atoms with E-state index in [9.17, 15) is 4.79 Å². The van der Waals surface area contributed by atoms with Gasteiger partial charge in [0.25, 0.3) is 0 Å². The van der Waals surface area contributed by atoms with Gasteiger partial charge < -0.3 is 4.74 Å². The lowest BCUT2D eigenvalue weighted by molar-refractivity contribution is -0.0330. The maximum atomic E-state index is 12.0. The quantitative estimate of drug-likeness (QED) is 0.775. The van der Waals surface area contributed by atoms with E-state index in [1.807, 2.05) is 13.0 Å². The predicted molar refractivity (Wildman–Crippen MR) is 101 cm³/mol. The van der Waals surface area contributed by atoms with Crippen LogP contribution in [-0.2, 0) is 11.3 Å². The minimum Gasteiger partial charge on any atom is -0.371 e. The van der Waals surface area contributed by atoms with Crippen molar-refractivity contribution in [2.45, 2.75) is 40.3 Å². The summed E-state index contributed by atoms with van der Waals surface area (Å²) in [5, 5.41) is 0. The molecule has 1 aliphatic heterocycles. The van der Waals surface area contributed by atoms with Crippen molar-refractivity contribution in [2.24, 2.45) is 0 Å². The van der Waals surface area contributed by atoms with Crippen LogP contribution >= 0.6 is 0 Å². The van der Waals surface area contributed by atoms with E-state index in [0.717, 1.165) is 42.9 Å². The van der Waals surface area contributed by atoms with Gasteiger partial charge in [-0.05, 0) is 55.5 Å². The maximum Gasteiger partial charge on any atom is 0.160 e. The van der Waals surface area contributed by atoms with E-state index in [-0.39, 0.29) is 11.9 Å². The van der Waals surface area contributed by atoms with E-state index >= 15 is 0 Å². The molecule has 1 aliphatic rings. The molecule has 0 spiro atoms. The number of carbonyl (C=O) groups excluding carboxylic acids is 1. The van der Waals surface area contributed by atoms with E-state index in [4.69, 9.17) is 4.74 Å². The Balaban J connectivity index is 1.83. The van der Waals surface area contributed by atoms with Crippen LogP contribution in [0.5, 0.6) is 0 Å². The van der Waals surface area contributed by atoms with Gasteiger partial charge in [0.2, 0.25) is 0 Å². The fourth-order valence-electron chi connectivity index (χ4n) is 3.95. The van der Waals surface area contributed by atoms with Crippen molar-refractivity contribution in [2.75, 3.05) is 19.7 Å². The van der Waals surface area contributed by atoms with Gasteiger partial charge in [0.1, 0.15) is 0 Å². The summed E-state index contributed by atoms with van der Waals surface area (Å²) < 4.78 is 5.98. The monoisotopic (exact) mass is 337 g/mol. The molecule has 0 N–H and O–H groups in total. The topological polar surface area (TPSA) is 29.5 Å². The fourth-order valence-corrected chi connectivity index (χ4v) is 3.95. The minimum absolute atomic E-state index is 0.119. The van der Waals surface area contributed by atoms with Crippen molar-refractivity contribution in [3.63, 3.8) is 0 Å². The Morgan fingerprint density at radius 2 is 1.88 bits per heavy atom. The van der Waals surface area contributed by atoms with Crippen molar-refractivity contribution in [1.29, 1.82) is 0 Å². The van der Waals surface area contributed by atoms with E-state index in [0.29, 0.717) is 0 Å². The number of hydrogen-bond acceptors (Lipinski definition) is 3. The molecule has 132 valence electrons. The fraction of sp³-hybridized carbons (Fsp3) is 0.409. The molecule has 2 aromatic carbocycles. The highest BCUT2D eigenvalue weighted by Crippen LogP contribution is 2.27. The van der Waals surface area contributed by atoms with Crippen molar-refractivity contribution in [3.8, 4) is 0 Å². The lowest BCUT2D eigenvalue weighted by Crippen LogP contribution is -2.38. The molecule has 0 unspecified atom stereocenters. The standard InChI is InChI=1S/C22H27NO2/c1-15-12-16(2)22(18(4)24)17(3)20(15)13-23-10-11-25-21(14-23)19-8-6-5-7-9-19/h5-9,12,21H,10-11,13-14H2,1-4H3/t21-/m1/s1. The Bertz CT molecular complexity index is 767. The highest BCUT2D eigenvalue weighted by atomic mass is 16.5. The Kier molecular flexibility index (Phi) is 5.36. The van der Waals surface area contributed by atoms with Crippen LogP contribution in [0.3, 0.4) is 0 Å². The maximum absolute atomic E-state index is 12.0.